The summed E-state index contributed by atoms with van der Waals surface area (Å²) in [5.41, 5.74) is 0.877. The number of carbonyl (C=O) groups excluding carboxylic acids is 1. The third kappa shape index (κ3) is 5.20. The monoisotopic (exact) mass is 367 g/mol. The molecule has 0 fully saturated rings. The van der Waals surface area contributed by atoms with Crippen LogP contribution in [0.5, 0.6) is 0 Å². The van der Waals surface area contributed by atoms with Gasteiger partial charge in [-0.2, -0.15) is 0 Å². The van der Waals surface area contributed by atoms with Gasteiger partial charge in [-0.3, -0.25) is 0 Å². The van der Waals surface area contributed by atoms with E-state index in [0.717, 1.165) is 10.5 Å². The molecule has 0 aromatic heterocycles. The van der Waals surface area contributed by atoms with Crippen LogP contribution in [0.25, 0.3) is 5.57 Å². The molecule has 0 saturated heterocycles. The van der Waals surface area contributed by atoms with E-state index in [1.807, 2.05) is 37.3 Å². The summed E-state index contributed by atoms with van der Waals surface area (Å²) in [6.07, 6.45) is -0.286. The van der Waals surface area contributed by atoms with Crippen LogP contribution in [0.15, 0.2) is 66.4 Å². The van der Waals surface area contributed by atoms with Crippen LogP contribution in [0.4, 0.5) is 10.5 Å². The Balaban J connectivity index is 2.70. The zero-order valence-electron chi connectivity index (χ0n) is 16.1. The van der Waals surface area contributed by atoms with Crippen molar-refractivity contribution in [3.8, 4) is 0 Å². The van der Waals surface area contributed by atoms with E-state index in [4.69, 9.17) is 4.74 Å². The summed E-state index contributed by atoms with van der Waals surface area (Å²) in [6.45, 7) is 7.10. The first-order chi connectivity index (χ1) is 12.7. The largest absolute Gasteiger partial charge is 0.477 e. The van der Waals surface area contributed by atoms with Crippen molar-refractivity contribution in [3.05, 3.63) is 71.9 Å². The molecule has 0 radical (unpaired) electrons. The third-order valence-electron chi connectivity index (χ3n) is 3.78. The Labute approximate surface area is 159 Å². The standard InChI is InChI=1S/C22H25NO4/c1-5-18(16-12-8-6-9-13-16)19(20(24)25)23(17-14-10-7-11-15-17)21(26)27-22(2,3)4/h6-15H,5H2,1-4H3,(H,24,25)/b19-18+. The maximum absolute atomic E-state index is 13.0. The molecule has 0 bridgehead atoms. The molecule has 0 aliphatic carbocycles. The van der Waals surface area contributed by atoms with E-state index in [0.29, 0.717) is 17.7 Å². The molecule has 0 atom stereocenters. The van der Waals surface area contributed by atoms with Crippen molar-refractivity contribution in [3.63, 3.8) is 0 Å². The zero-order valence-corrected chi connectivity index (χ0v) is 16.1. The highest BCUT2D eigenvalue weighted by atomic mass is 16.6. The minimum absolute atomic E-state index is 0.107. The van der Waals surface area contributed by atoms with Gasteiger partial charge < -0.3 is 9.84 Å². The molecule has 0 heterocycles. The Kier molecular flexibility index (Phi) is 6.40. The maximum atomic E-state index is 13.0. The number of hydrogen-bond donors (Lipinski definition) is 1. The van der Waals surface area contributed by atoms with Gasteiger partial charge in [0.05, 0.1) is 5.69 Å². The minimum atomic E-state index is -1.19. The summed E-state index contributed by atoms with van der Waals surface area (Å²) in [7, 11) is 0. The van der Waals surface area contributed by atoms with Gasteiger partial charge in [-0.15, -0.1) is 0 Å². The number of aliphatic carboxylic acids is 1. The highest BCUT2D eigenvalue weighted by Crippen LogP contribution is 2.30. The summed E-state index contributed by atoms with van der Waals surface area (Å²) >= 11 is 0. The number of nitrogens with zero attached hydrogens (tertiary/aromatic N) is 1. The van der Waals surface area contributed by atoms with E-state index < -0.39 is 17.7 Å². The van der Waals surface area contributed by atoms with Crippen LogP contribution in [0.2, 0.25) is 0 Å². The molecule has 0 aliphatic heterocycles. The molecule has 0 unspecified atom stereocenters. The summed E-state index contributed by atoms with van der Waals surface area (Å²) in [4.78, 5) is 26.4. The number of ether oxygens (including phenoxy) is 1. The van der Waals surface area contributed by atoms with Gasteiger partial charge >= 0.3 is 12.1 Å². The van der Waals surface area contributed by atoms with Crippen LogP contribution in [0.3, 0.4) is 0 Å². The van der Waals surface area contributed by atoms with Gasteiger partial charge in [-0.1, -0.05) is 55.5 Å². The molecule has 1 amide bonds. The Morgan fingerprint density at radius 3 is 1.93 bits per heavy atom. The van der Waals surface area contributed by atoms with Crippen LogP contribution >= 0.6 is 0 Å². The average molecular weight is 367 g/mol. The summed E-state index contributed by atoms with van der Waals surface area (Å²) in [5, 5.41) is 10.0. The molecule has 27 heavy (non-hydrogen) atoms. The number of anilines is 1. The average Bonchev–Trinajstić information content (AvgIpc) is 2.61. The van der Waals surface area contributed by atoms with Crippen molar-refractivity contribution in [1.29, 1.82) is 0 Å². The van der Waals surface area contributed by atoms with E-state index in [-0.39, 0.29) is 5.70 Å². The molecule has 142 valence electrons. The van der Waals surface area contributed by atoms with Gasteiger partial charge in [-0.25, -0.2) is 14.5 Å². The van der Waals surface area contributed by atoms with E-state index in [1.165, 1.54) is 0 Å². The van der Waals surface area contributed by atoms with Gasteiger partial charge in [0.1, 0.15) is 11.3 Å². The van der Waals surface area contributed by atoms with Crippen molar-refractivity contribution in [1.82, 2.24) is 0 Å². The SMILES string of the molecule is CC/C(=C(/C(=O)O)N(C(=O)OC(C)(C)C)c1ccccc1)c1ccccc1. The molecular weight excluding hydrogens is 342 g/mol. The molecule has 2 rings (SSSR count). The summed E-state index contributed by atoms with van der Waals surface area (Å²) in [6, 6.07) is 17.9. The third-order valence-corrected chi connectivity index (χ3v) is 3.78. The predicted octanol–water partition coefficient (Wildman–Crippen LogP) is 5.33. The number of carbonyl (C=O) groups is 2. The number of carboxylic acids is 1. The lowest BCUT2D eigenvalue weighted by Gasteiger charge is -2.29. The van der Waals surface area contributed by atoms with E-state index >= 15 is 0 Å². The first-order valence-corrected chi connectivity index (χ1v) is 8.84. The fraction of sp³-hybridized carbons (Fsp3) is 0.273. The van der Waals surface area contributed by atoms with E-state index in [2.05, 4.69) is 0 Å². The number of allylic oxidation sites excluding steroid dienone is 1. The second-order valence-electron chi connectivity index (χ2n) is 7.00. The van der Waals surface area contributed by atoms with Gasteiger partial charge in [0.2, 0.25) is 0 Å². The van der Waals surface area contributed by atoms with Crippen molar-refractivity contribution in [2.75, 3.05) is 4.90 Å². The smallest absolute Gasteiger partial charge is 0.419 e. The van der Waals surface area contributed by atoms with E-state index in [1.54, 1.807) is 51.1 Å². The second kappa shape index (κ2) is 8.54. The van der Waals surface area contributed by atoms with Crippen molar-refractivity contribution >= 4 is 23.3 Å². The number of benzene rings is 2. The van der Waals surface area contributed by atoms with Crippen molar-refractivity contribution in [2.45, 2.75) is 39.7 Å². The minimum Gasteiger partial charge on any atom is -0.477 e. The Bertz CT molecular complexity index is 820. The molecular formula is C22H25NO4. The quantitative estimate of drug-likeness (QED) is 0.725. The fourth-order valence-electron chi connectivity index (χ4n) is 2.72. The highest BCUT2D eigenvalue weighted by molar-refractivity contribution is 6.08. The summed E-state index contributed by atoms with van der Waals surface area (Å²) in [5.74, 6) is -1.19. The molecule has 0 aliphatic rings. The second-order valence-corrected chi connectivity index (χ2v) is 7.00. The van der Waals surface area contributed by atoms with Gasteiger partial charge in [0.25, 0.3) is 0 Å². The van der Waals surface area contributed by atoms with Crippen LogP contribution in [-0.4, -0.2) is 22.8 Å². The first-order valence-electron chi connectivity index (χ1n) is 8.84. The van der Waals surface area contributed by atoms with Crippen LogP contribution in [0.1, 0.15) is 39.7 Å². The van der Waals surface area contributed by atoms with Crippen LogP contribution in [0, 0.1) is 0 Å². The number of carboxylic acid groups (broad SMARTS) is 1. The number of para-hydroxylation sites is 1. The maximum Gasteiger partial charge on any atom is 0.419 e. The number of hydrogen-bond acceptors (Lipinski definition) is 3. The number of amides is 1. The summed E-state index contributed by atoms with van der Waals surface area (Å²) < 4.78 is 5.51. The predicted molar refractivity (Wildman–Crippen MR) is 106 cm³/mol. The molecule has 0 spiro atoms. The molecule has 0 saturated carbocycles. The Morgan fingerprint density at radius 1 is 0.963 bits per heavy atom. The topological polar surface area (TPSA) is 66.8 Å². The fourth-order valence-corrected chi connectivity index (χ4v) is 2.72. The molecule has 5 heteroatoms. The van der Waals surface area contributed by atoms with Crippen molar-refractivity contribution < 1.29 is 19.4 Å². The molecule has 2 aromatic carbocycles. The zero-order chi connectivity index (χ0) is 20.0. The molecule has 5 nitrogen and oxygen atoms in total. The first kappa shape index (κ1) is 20.2. The van der Waals surface area contributed by atoms with Gasteiger partial charge in [0.15, 0.2) is 0 Å². The molecule has 2 aromatic rings. The van der Waals surface area contributed by atoms with E-state index in [9.17, 15) is 14.7 Å². The lowest BCUT2D eigenvalue weighted by atomic mass is 10.00. The highest BCUT2D eigenvalue weighted by Gasteiger charge is 2.32. The lowest BCUT2D eigenvalue weighted by molar-refractivity contribution is -0.132. The number of rotatable bonds is 5. The van der Waals surface area contributed by atoms with Crippen molar-refractivity contribution in [2.24, 2.45) is 0 Å². The van der Waals surface area contributed by atoms with Gasteiger partial charge in [-0.05, 0) is 50.5 Å². The van der Waals surface area contributed by atoms with Crippen LogP contribution in [-0.2, 0) is 9.53 Å². The van der Waals surface area contributed by atoms with Gasteiger partial charge in [0, 0.05) is 0 Å². The Hall–Kier alpha value is -3.08. The normalized spacial score (nSPS) is 12.1. The Morgan fingerprint density at radius 2 is 1.48 bits per heavy atom. The lowest BCUT2D eigenvalue weighted by Crippen LogP contribution is -2.39. The van der Waals surface area contributed by atoms with Crippen LogP contribution < -0.4 is 4.90 Å². The molecule has 1 N–H and O–H groups in total.